The highest BCUT2D eigenvalue weighted by molar-refractivity contribution is 9.10. The van der Waals surface area contributed by atoms with Crippen LogP contribution in [-0.4, -0.2) is 14.2 Å². The van der Waals surface area contributed by atoms with E-state index in [-0.39, 0.29) is 17.9 Å². The largest absolute Gasteiger partial charge is 0.493 e. The third-order valence-corrected chi connectivity index (χ3v) is 6.09. The molecule has 4 rings (SSSR count). The molecule has 2 aromatic rings. The molecule has 1 N–H and O–H groups in total. The lowest BCUT2D eigenvalue weighted by Gasteiger charge is -2.38. The van der Waals surface area contributed by atoms with Gasteiger partial charge in [0.05, 0.1) is 30.3 Å². The normalized spacial score (nSPS) is 23.0. The maximum atomic E-state index is 13.2. The van der Waals surface area contributed by atoms with E-state index in [1.807, 2.05) is 18.2 Å². The monoisotopic (exact) mass is 453 g/mol. The Bertz CT molecular complexity index is 942. The van der Waals surface area contributed by atoms with Gasteiger partial charge in [-0.1, -0.05) is 12.2 Å². The van der Waals surface area contributed by atoms with Gasteiger partial charge in [-0.3, -0.25) is 0 Å². The summed E-state index contributed by atoms with van der Waals surface area (Å²) in [5, 5.41) is 3.45. The van der Waals surface area contributed by atoms with Crippen LogP contribution in [0.4, 0.5) is 18.9 Å². The molecule has 2 aliphatic rings. The molecule has 0 spiro atoms. The van der Waals surface area contributed by atoms with Crippen LogP contribution in [0, 0.1) is 5.92 Å². The van der Waals surface area contributed by atoms with Gasteiger partial charge in [-0.2, -0.15) is 13.2 Å². The Morgan fingerprint density at radius 2 is 1.89 bits per heavy atom. The number of anilines is 1. The second kappa shape index (κ2) is 7.03. The number of hydrogen-bond donors (Lipinski definition) is 1. The minimum Gasteiger partial charge on any atom is -0.493 e. The SMILES string of the molecule is COc1cc([C@@H]2Nc3ccc(C(F)(F)F)cc3[C@H]3C=CC[C@H]32)cc(Br)c1OC. The van der Waals surface area contributed by atoms with Crippen molar-refractivity contribution in [2.75, 3.05) is 19.5 Å². The molecule has 2 aromatic carbocycles. The third kappa shape index (κ3) is 3.15. The van der Waals surface area contributed by atoms with Crippen molar-refractivity contribution in [2.24, 2.45) is 5.92 Å². The number of nitrogens with one attached hydrogen (secondary N) is 1. The van der Waals surface area contributed by atoms with E-state index in [2.05, 4.69) is 27.3 Å². The first kappa shape index (κ1) is 19.2. The first-order valence-electron chi connectivity index (χ1n) is 8.89. The van der Waals surface area contributed by atoms with Gasteiger partial charge in [-0.15, -0.1) is 0 Å². The molecule has 3 atom stereocenters. The van der Waals surface area contributed by atoms with Gasteiger partial charge in [0, 0.05) is 11.6 Å². The van der Waals surface area contributed by atoms with E-state index >= 15 is 0 Å². The zero-order valence-corrected chi connectivity index (χ0v) is 16.9. The van der Waals surface area contributed by atoms with Gasteiger partial charge in [-0.25, -0.2) is 0 Å². The lowest BCUT2D eigenvalue weighted by Crippen LogP contribution is -2.29. The number of allylic oxidation sites excluding steroid dienone is 2. The number of methoxy groups -OCH3 is 2. The van der Waals surface area contributed by atoms with Crippen molar-refractivity contribution in [2.45, 2.75) is 24.6 Å². The van der Waals surface area contributed by atoms with E-state index in [1.165, 1.54) is 12.1 Å². The molecular formula is C21H19BrF3NO2. The van der Waals surface area contributed by atoms with Crippen LogP contribution in [0.15, 0.2) is 47.0 Å². The molecule has 0 fully saturated rings. The first-order valence-corrected chi connectivity index (χ1v) is 9.68. The predicted octanol–water partition coefficient (Wildman–Crippen LogP) is 6.31. The van der Waals surface area contributed by atoms with Gasteiger partial charge < -0.3 is 14.8 Å². The van der Waals surface area contributed by atoms with Crippen LogP contribution < -0.4 is 14.8 Å². The molecule has 0 aromatic heterocycles. The van der Waals surface area contributed by atoms with Crippen molar-refractivity contribution < 1.29 is 22.6 Å². The molecule has 7 heteroatoms. The van der Waals surface area contributed by atoms with E-state index in [4.69, 9.17) is 9.47 Å². The minimum absolute atomic E-state index is 0.0552. The van der Waals surface area contributed by atoms with Crippen molar-refractivity contribution >= 4 is 21.6 Å². The molecule has 148 valence electrons. The summed E-state index contributed by atoms with van der Waals surface area (Å²) in [6, 6.07) is 7.78. The number of rotatable bonds is 3. The van der Waals surface area contributed by atoms with E-state index in [0.717, 1.165) is 28.2 Å². The standard InChI is InChI=1S/C21H19BrF3NO2/c1-27-18-9-11(8-16(22)20(18)28-2)19-14-5-3-4-13(14)15-10-12(21(23,24)25)6-7-17(15)26-19/h3-4,6-10,13-14,19,26H,5H2,1-2H3/t13-,14+,19-/m0/s1. The van der Waals surface area contributed by atoms with Gasteiger partial charge in [0.15, 0.2) is 11.5 Å². The number of fused-ring (bicyclic) bond motifs is 3. The molecule has 0 amide bonds. The maximum absolute atomic E-state index is 13.2. The molecular weight excluding hydrogens is 435 g/mol. The quantitative estimate of drug-likeness (QED) is 0.552. The lowest BCUT2D eigenvalue weighted by molar-refractivity contribution is -0.137. The Labute approximate surface area is 169 Å². The van der Waals surface area contributed by atoms with Gasteiger partial charge in [0.2, 0.25) is 0 Å². The number of hydrogen-bond acceptors (Lipinski definition) is 3. The molecule has 1 heterocycles. The third-order valence-electron chi connectivity index (χ3n) is 5.51. The van der Waals surface area contributed by atoms with E-state index < -0.39 is 11.7 Å². The fourth-order valence-electron chi connectivity index (χ4n) is 4.22. The van der Waals surface area contributed by atoms with Crippen molar-refractivity contribution in [3.63, 3.8) is 0 Å². The number of alkyl halides is 3. The summed E-state index contributed by atoms with van der Waals surface area (Å²) in [6.07, 6.45) is 0.518. The summed E-state index contributed by atoms with van der Waals surface area (Å²) in [6.45, 7) is 0. The van der Waals surface area contributed by atoms with Gasteiger partial charge in [-0.05, 0) is 69.7 Å². The summed E-state index contributed by atoms with van der Waals surface area (Å²) < 4.78 is 51.1. The average molecular weight is 454 g/mol. The van der Waals surface area contributed by atoms with Crippen LogP contribution in [0.25, 0.3) is 0 Å². The molecule has 0 saturated heterocycles. The van der Waals surface area contributed by atoms with Crippen LogP contribution >= 0.6 is 15.9 Å². The van der Waals surface area contributed by atoms with Crippen molar-refractivity contribution in [1.82, 2.24) is 0 Å². The number of halogens is 4. The minimum atomic E-state index is -4.35. The molecule has 0 unspecified atom stereocenters. The molecule has 0 bridgehead atoms. The van der Waals surface area contributed by atoms with E-state index in [0.29, 0.717) is 17.1 Å². The highest BCUT2D eigenvalue weighted by Gasteiger charge is 2.40. The molecule has 1 aliphatic heterocycles. The van der Waals surface area contributed by atoms with Crippen LogP contribution in [0.2, 0.25) is 0 Å². The second-order valence-corrected chi connectivity index (χ2v) is 7.87. The zero-order valence-electron chi connectivity index (χ0n) is 15.3. The number of benzene rings is 2. The van der Waals surface area contributed by atoms with E-state index in [1.54, 1.807) is 14.2 Å². The predicted molar refractivity (Wildman–Crippen MR) is 105 cm³/mol. The molecule has 0 radical (unpaired) electrons. The summed E-state index contributed by atoms with van der Waals surface area (Å²) in [4.78, 5) is 0. The Balaban J connectivity index is 1.77. The zero-order chi connectivity index (χ0) is 20.1. The fourth-order valence-corrected chi connectivity index (χ4v) is 4.84. The van der Waals surface area contributed by atoms with Crippen molar-refractivity contribution in [3.05, 3.63) is 63.6 Å². The second-order valence-electron chi connectivity index (χ2n) is 7.01. The van der Waals surface area contributed by atoms with Crippen LogP contribution in [0.5, 0.6) is 11.5 Å². The summed E-state index contributed by atoms with van der Waals surface area (Å²) in [5.74, 6) is 1.28. The van der Waals surface area contributed by atoms with Crippen molar-refractivity contribution in [1.29, 1.82) is 0 Å². The van der Waals surface area contributed by atoms with Crippen LogP contribution in [-0.2, 0) is 6.18 Å². The Morgan fingerprint density at radius 1 is 1.11 bits per heavy atom. The Kier molecular flexibility index (Phi) is 4.81. The summed E-state index contributed by atoms with van der Waals surface area (Å²) in [7, 11) is 3.16. The fraction of sp³-hybridized carbons (Fsp3) is 0.333. The lowest BCUT2D eigenvalue weighted by atomic mass is 9.76. The summed E-state index contributed by atoms with van der Waals surface area (Å²) in [5.41, 5.74) is 1.81. The number of ether oxygens (including phenoxy) is 2. The average Bonchev–Trinajstić information content (AvgIpc) is 3.15. The highest BCUT2D eigenvalue weighted by Crippen LogP contribution is 2.52. The molecule has 0 saturated carbocycles. The first-order chi connectivity index (χ1) is 13.3. The molecule has 1 aliphatic carbocycles. The van der Waals surface area contributed by atoms with E-state index in [9.17, 15) is 13.2 Å². The smallest absolute Gasteiger partial charge is 0.416 e. The molecule has 28 heavy (non-hydrogen) atoms. The van der Waals surface area contributed by atoms with Crippen molar-refractivity contribution in [3.8, 4) is 11.5 Å². The van der Waals surface area contributed by atoms with Gasteiger partial charge in [0.1, 0.15) is 0 Å². The summed E-state index contributed by atoms with van der Waals surface area (Å²) >= 11 is 3.53. The van der Waals surface area contributed by atoms with Crippen LogP contribution in [0.3, 0.4) is 0 Å². The topological polar surface area (TPSA) is 30.5 Å². The highest BCUT2D eigenvalue weighted by atomic mass is 79.9. The Morgan fingerprint density at radius 3 is 2.57 bits per heavy atom. The maximum Gasteiger partial charge on any atom is 0.416 e. The van der Waals surface area contributed by atoms with Crippen LogP contribution in [0.1, 0.15) is 35.1 Å². The van der Waals surface area contributed by atoms with Gasteiger partial charge in [0.25, 0.3) is 0 Å². The Hall–Kier alpha value is -2.15. The molecule has 3 nitrogen and oxygen atoms in total. The van der Waals surface area contributed by atoms with Gasteiger partial charge >= 0.3 is 6.18 Å².